The van der Waals surface area contributed by atoms with Crippen LogP contribution in [0.15, 0.2) is 66.7 Å². The molecule has 1 heterocycles. The minimum atomic E-state index is -0.190. The maximum atomic E-state index is 12.9. The second kappa shape index (κ2) is 7.72. The largest absolute Gasteiger partial charge is 0.507 e. The van der Waals surface area contributed by atoms with Crippen molar-refractivity contribution in [3.63, 3.8) is 0 Å². The number of aromatic hydroxyl groups is 1. The Morgan fingerprint density at radius 3 is 2.18 bits per heavy atom. The topological polar surface area (TPSA) is 69.6 Å². The number of amides is 2. The van der Waals surface area contributed by atoms with E-state index in [4.69, 9.17) is 0 Å². The number of phenolic OH excluding ortho intramolecular Hbond substituents is 1. The summed E-state index contributed by atoms with van der Waals surface area (Å²) in [4.78, 5) is 27.1. The van der Waals surface area contributed by atoms with E-state index in [-0.39, 0.29) is 23.5 Å². The fraction of sp³-hybridized carbons (Fsp3) is 0.217. The van der Waals surface area contributed by atoms with Crippen LogP contribution in [0.5, 0.6) is 5.75 Å². The number of likely N-dealkylation sites (tertiary alicyclic amines) is 1. The van der Waals surface area contributed by atoms with Crippen LogP contribution in [0.2, 0.25) is 0 Å². The van der Waals surface area contributed by atoms with Crippen molar-refractivity contribution >= 4 is 28.3 Å². The second-order valence-corrected chi connectivity index (χ2v) is 7.14. The zero-order valence-corrected chi connectivity index (χ0v) is 15.5. The molecule has 1 fully saturated rings. The number of rotatable bonds is 3. The molecule has 2 N–H and O–H groups in total. The molecule has 0 saturated carbocycles. The molecule has 1 aliphatic heterocycles. The van der Waals surface area contributed by atoms with Crippen LogP contribution < -0.4 is 5.32 Å². The first-order valence-corrected chi connectivity index (χ1v) is 9.49. The average molecular weight is 374 g/mol. The van der Waals surface area contributed by atoms with Crippen molar-refractivity contribution in [2.75, 3.05) is 18.4 Å². The van der Waals surface area contributed by atoms with Crippen LogP contribution in [0.1, 0.15) is 23.2 Å². The van der Waals surface area contributed by atoms with Gasteiger partial charge in [0.15, 0.2) is 0 Å². The lowest BCUT2D eigenvalue weighted by atomic mass is 9.95. The highest BCUT2D eigenvalue weighted by Crippen LogP contribution is 2.28. The molecule has 142 valence electrons. The fourth-order valence-electron chi connectivity index (χ4n) is 3.68. The van der Waals surface area contributed by atoms with Crippen LogP contribution in [-0.4, -0.2) is 34.9 Å². The number of phenols is 1. The summed E-state index contributed by atoms with van der Waals surface area (Å²) in [7, 11) is 0. The minimum absolute atomic E-state index is 0.00681. The Labute approximate surface area is 163 Å². The molecular weight excluding hydrogens is 352 g/mol. The number of hydrogen-bond acceptors (Lipinski definition) is 3. The Bertz CT molecular complexity index is 1010. The van der Waals surface area contributed by atoms with Gasteiger partial charge in [0.05, 0.1) is 5.56 Å². The first-order valence-electron chi connectivity index (χ1n) is 9.49. The van der Waals surface area contributed by atoms with E-state index in [1.807, 2.05) is 54.6 Å². The summed E-state index contributed by atoms with van der Waals surface area (Å²) in [5, 5.41) is 15.1. The van der Waals surface area contributed by atoms with E-state index in [1.165, 1.54) is 0 Å². The number of benzene rings is 3. The summed E-state index contributed by atoms with van der Waals surface area (Å²) in [5.74, 6) is -0.320. The molecule has 0 atom stereocenters. The third-order valence-electron chi connectivity index (χ3n) is 5.29. The lowest BCUT2D eigenvalue weighted by molar-refractivity contribution is -0.121. The minimum Gasteiger partial charge on any atom is -0.507 e. The zero-order chi connectivity index (χ0) is 19.5. The van der Waals surface area contributed by atoms with Crippen molar-refractivity contribution in [2.45, 2.75) is 12.8 Å². The summed E-state index contributed by atoms with van der Waals surface area (Å²) in [6, 6.07) is 20.4. The normalized spacial score (nSPS) is 14.8. The Morgan fingerprint density at radius 1 is 0.893 bits per heavy atom. The number of carbonyl (C=O) groups is 2. The Kier molecular flexibility index (Phi) is 4.98. The molecule has 0 aromatic heterocycles. The number of fused-ring (bicyclic) bond motifs is 1. The Hall–Kier alpha value is -3.34. The van der Waals surface area contributed by atoms with Gasteiger partial charge in [-0.1, -0.05) is 42.5 Å². The van der Waals surface area contributed by atoms with Gasteiger partial charge in [-0.15, -0.1) is 0 Å². The van der Waals surface area contributed by atoms with E-state index in [2.05, 4.69) is 5.32 Å². The molecule has 3 aromatic rings. The fourth-order valence-corrected chi connectivity index (χ4v) is 3.68. The van der Waals surface area contributed by atoms with E-state index in [9.17, 15) is 14.7 Å². The summed E-state index contributed by atoms with van der Waals surface area (Å²) in [6.07, 6.45) is 1.22. The van der Waals surface area contributed by atoms with Gasteiger partial charge in [0.2, 0.25) is 5.91 Å². The van der Waals surface area contributed by atoms with Crippen molar-refractivity contribution in [1.29, 1.82) is 0 Å². The molecule has 5 nitrogen and oxygen atoms in total. The first kappa shape index (κ1) is 18.0. The molecule has 1 saturated heterocycles. The van der Waals surface area contributed by atoms with Gasteiger partial charge in [-0.25, -0.2) is 0 Å². The molecule has 0 unspecified atom stereocenters. The van der Waals surface area contributed by atoms with Crippen LogP contribution in [0.3, 0.4) is 0 Å². The van der Waals surface area contributed by atoms with Crippen molar-refractivity contribution in [2.24, 2.45) is 5.92 Å². The average Bonchev–Trinajstić information content (AvgIpc) is 2.73. The Balaban J connectivity index is 1.41. The van der Waals surface area contributed by atoms with Crippen LogP contribution >= 0.6 is 0 Å². The Morgan fingerprint density at radius 2 is 1.50 bits per heavy atom. The van der Waals surface area contributed by atoms with Gasteiger partial charge in [-0.05, 0) is 47.9 Å². The van der Waals surface area contributed by atoms with Gasteiger partial charge in [0.1, 0.15) is 5.75 Å². The lowest BCUT2D eigenvalue weighted by Gasteiger charge is -2.31. The molecule has 2 amide bonds. The molecule has 5 heteroatoms. The number of para-hydroxylation sites is 1. The second-order valence-electron chi connectivity index (χ2n) is 7.14. The number of carbonyl (C=O) groups excluding carboxylic acids is 2. The number of anilines is 1. The van der Waals surface area contributed by atoms with Gasteiger partial charge in [-0.2, -0.15) is 0 Å². The van der Waals surface area contributed by atoms with Crippen molar-refractivity contribution in [1.82, 2.24) is 4.90 Å². The molecule has 0 aliphatic carbocycles. The molecule has 1 aliphatic rings. The highest BCUT2D eigenvalue weighted by atomic mass is 16.3. The van der Waals surface area contributed by atoms with Crippen LogP contribution in [-0.2, 0) is 4.79 Å². The third-order valence-corrected chi connectivity index (χ3v) is 5.29. The van der Waals surface area contributed by atoms with Crippen molar-refractivity contribution in [3.05, 3.63) is 72.3 Å². The highest BCUT2D eigenvalue weighted by molar-refractivity contribution is 6.01. The van der Waals surface area contributed by atoms with Crippen molar-refractivity contribution in [3.8, 4) is 5.75 Å². The van der Waals surface area contributed by atoms with E-state index >= 15 is 0 Å². The molecular formula is C23H22N2O3. The molecule has 0 bridgehead atoms. The summed E-state index contributed by atoms with van der Waals surface area (Å²) >= 11 is 0. The molecule has 28 heavy (non-hydrogen) atoms. The van der Waals surface area contributed by atoms with E-state index in [1.54, 1.807) is 17.0 Å². The molecule has 0 spiro atoms. The van der Waals surface area contributed by atoms with Crippen LogP contribution in [0.4, 0.5) is 5.69 Å². The standard InChI is InChI=1S/C23H22N2O3/c26-21-15-18-7-5-4-6-17(18)14-20(21)23(28)25-12-10-16(11-13-25)22(27)24-19-8-2-1-3-9-19/h1-9,14-16,26H,10-13H2,(H,24,27). The molecule has 4 rings (SSSR count). The first-order chi connectivity index (χ1) is 13.6. The zero-order valence-electron chi connectivity index (χ0n) is 15.5. The predicted molar refractivity (Wildman–Crippen MR) is 109 cm³/mol. The van der Waals surface area contributed by atoms with Crippen LogP contribution in [0.25, 0.3) is 10.8 Å². The maximum Gasteiger partial charge on any atom is 0.257 e. The van der Waals surface area contributed by atoms with Gasteiger partial charge in [-0.3, -0.25) is 9.59 Å². The number of piperidine rings is 1. The maximum absolute atomic E-state index is 12.9. The number of nitrogens with one attached hydrogen (secondary N) is 1. The van der Waals surface area contributed by atoms with Crippen molar-refractivity contribution < 1.29 is 14.7 Å². The monoisotopic (exact) mass is 374 g/mol. The third kappa shape index (κ3) is 3.69. The van der Waals surface area contributed by atoms with E-state index < -0.39 is 0 Å². The molecule has 3 aromatic carbocycles. The van der Waals surface area contributed by atoms with Gasteiger partial charge in [0, 0.05) is 24.7 Å². The summed E-state index contributed by atoms with van der Waals surface area (Å²) in [6.45, 7) is 0.996. The van der Waals surface area contributed by atoms with Gasteiger partial charge < -0.3 is 15.3 Å². The van der Waals surface area contributed by atoms with Gasteiger partial charge >= 0.3 is 0 Å². The number of hydrogen-bond donors (Lipinski definition) is 2. The van der Waals surface area contributed by atoms with E-state index in [0.29, 0.717) is 31.5 Å². The van der Waals surface area contributed by atoms with Crippen LogP contribution in [0, 0.1) is 5.92 Å². The lowest BCUT2D eigenvalue weighted by Crippen LogP contribution is -2.41. The number of nitrogens with zero attached hydrogens (tertiary/aromatic N) is 1. The predicted octanol–water partition coefficient (Wildman–Crippen LogP) is 4.04. The smallest absolute Gasteiger partial charge is 0.257 e. The highest BCUT2D eigenvalue weighted by Gasteiger charge is 2.29. The van der Waals surface area contributed by atoms with E-state index in [0.717, 1.165) is 16.5 Å². The summed E-state index contributed by atoms with van der Waals surface area (Å²) < 4.78 is 0. The quantitative estimate of drug-likeness (QED) is 0.727. The SMILES string of the molecule is O=C(Nc1ccccc1)C1CCN(C(=O)c2cc3ccccc3cc2O)CC1. The summed E-state index contributed by atoms with van der Waals surface area (Å²) in [5.41, 5.74) is 1.10. The molecule has 0 radical (unpaired) electrons. The van der Waals surface area contributed by atoms with Gasteiger partial charge in [0.25, 0.3) is 5.91 Å².